The summed E-state index contributed by atoms with van der Waals surface area (Å²) in [6.45, 7) is -0.245. The number of hydrogen-bond donors (Lipinski definition) is 2. The van der Waals surface area contributed by atoms with E-state index in [0.717, 1.165) is 0 Å². The molecule has 2 nitrogen and oxygen atoms in total. The van der Waals surface area contributed by atoms with Crippen LogP contribution in [0.25, 0.3) is 0 Å². The van der Waals surface area contributed by atoms with E-state index in [2.05, 4.69) is 11.8 Å². The van der Waals surface area contributed by atoms with E-state index in [-0.39, 0.29) is 6.61 Å². The summed E-state index contributed by atoms with van der Waals surface area (Å²) in [6, 6.07) is 6.75. The third kappa shape index (κ3) is 3.08. The Labute approximate surface area is 81.8 Å². The summed E-state index contributed by atoms with van der Waals surface area (Å²) in [7, 11) is 0. The van der Waals surface area contributed by atoms with Crippen molar-refractivity contribution in [2.24, 2.45) is 0 Å². The molecule has 0 aliphatic rings. The number of benzene rings is 1. The van der Waals surface area contributed by atoms with Gasteiger partial charge in [-0.05, 0) is 17.7 Å². The Morgan fingerprint density at radius 3 is 2.46 bits per heavy atom. The lowest BCUT2D eigenvalue weighted by molar-refractivity contribution is 0.237. The molecule has 2 N–H and O–H groups in total. The second-order valence-corrected chi connectivity index (χ2v) is 2.87. The van der Waals surface area contributed by atoms with Crippen molar-refractivity contribution < 1.29 is 10.2 Å². The molecule has 1 rings (SSSR count). The number of aliphatic hydroxyl groups excluding tert-OH is 2. The molecule has 1 aromatic carbocycles. The van der Waals surface area contributed by atoms with Crippen LogP contribution in [0.2, 0.25) is 5.02 Å². The van der Waals surface area contributed by atoms with Gasteiger partial charge in [-0.15, -0.1) is 0 Å². The molecule has 1 aromatic rings. The quantitative estimate of drug-likeness (QED) is 0.666. The lowest BCUT2D eigenvalue weighted by Crippen LogP contribution is -1.93. The maximum atomic E-state index is 9.41. The van der Waals surface area contributed by atoms with Gasteiger partial charge in [0.25, 0.3) is 0 Å². The van der Waals surface area contributed by atoms with Crippen molar-refractivity contribution in [1.82, 2.24) is 0 Å². The molecule has 1 atom stereocenters. The Bertz CT molecular complexity index is 321. The molecule has 1 unspecified atom stereocenters. The summed E-state index contributed by atoms with van der Waals surface area (Å²) in [5.41, 5.74) is 0.672. The second-order valence-electron chi connectivity index (χ2n) is 2.43. The van der Waals surface area contributed by atoms with Crippen molar-refractivity contribution in [2.45, 2.75) is 6.10 Å². The predicted octanol–water partition coefficient (Wildman–Crippen LogP) is 1.37. The van der Waals surface area contributed by atoms with Gasteiger partial charge in [0, 0.05) is 5.02 Å². The predicted molar refractivity (Wildman–Crippen MR) is 51.3 cm³/mol. The largest absolute Gasteiger partial charge is 0.384 e. The Morgan fingerprint density at radius 1 is 1.31 bits per heavy atom. The van der Waals surface area contributed by atoms with Crippen LogP contribution >= 0.6 is 11.6 Å². The third-order valence-electron chi connectivity index (χ3n) is 1.50. The molecule has 0 radical (unpaired) electrons. The minimum Gasteiger partial charge on any atom is -0.384 e. The standard InChI is InChI=1S/C10H9ClO2/c11-9-5-3-8(4-6-9)10(13)2-1-7-12/h3-6,10,12-13H,7H2. The van der Waals surface area contributed by atoms with Crippen LogP contribution < -0.4 is 0 Å². The number of hydrogen-bond acceptors (Lipinski definition) is 2. The molecule has 0 aliphatic heterocycles. The van der Waals surface area contributed by atoms with E-state index in [4.69, 9.17) is 16.7 Å². The number of rotatable bonds is 1. The fraction of sp³-hybridized carbons (Fsp3) is 0.200. The molecular weight excluding hydrogens is 188 g/mol. The molecule has 0 aliphatic carbocycles. The minimum atomic E-state index is -0.857. The van der Waals surface area contributed by atoms with Gasteiger partial charge >= 0.3 is 0 Å². The summed E-state index contributed by atoms with van der Waals surface area (Å²) in [5.74, 6) is 4.86. The van der Waals surface area contributed by atoms with Crippen molar-refractivity contribution in [2.75, 3.05) is 6.61 Å². The zero-order valence-corrected chi connectivity index (χ0v) is 7.62. The van der Waals surface area contributed by atoms with E-state index in [0.29, 0.717) is 10.6 Å². The Morgan fingerprint density at radius 2 is 1.92 bits per heavy atom. The molecule has 0 saturated carbocycles. The smallest absolute Gasteiger partial charge is 0.140 e. The molecule has 0 bridgehead atoms. The SMILES string of the molecule is OCC#CC(O)c1ccc(Cl)cc1. The third-order valence-corrected chi connectivity index (χ3v) is 1.76. The fourth-order valence-electron chi connectivity index (χ4n) is 0.871. The average molecular weight is 197 g/mol. The molecule has 0 amide bonds. The first-order valence-corrected chi connectivity index (χ1v) is 4.14. The Kier molecular flexibility index (Phi) is 3.78. The molecule has 0 fully saturated rings. The zero-order valence-electron chi connectivity index (χ0n) is 6.87. The van der Waals surface area contributed by atoms with Crippen LogP contribution in [-0.4, -0.2) is 16.8 Å². The fourth-order valence-corrected chi connectivity index (χ4v) is 0.997. The van der Waals surface area contributed by atoms with E-state index in [1.54, 1.807) is 24.3 Å². The first-order valence-electron chi connectivity index (χ1n) is 3.77. The summed E-state index contributed by atoms with van der Waals surface area (Å²) >= 11 is 5.66. The van der Waals surface area contributed by atoms with Crippen molar-refractivity contribution in [3.63, 3.8) is 0 Å². The van der Waals surface area contributed by atoms with E-state index in [1.165, 1.54) is 0 Å². The molecule has 13 heavy (non-hydrogen) atoms. The average Bonchev–Trinajstić information content (AvgIpc) is 2.15. The van der Waals surface area contributed by atoms with Crippen LogP contribution in [-0.2, 0) is 0 Å². The van der Waals surface area contributed by atoms with Crippen LogP contribution in [0.4, 0.5) is 0 Å². The summed E-state index contributed by atoms with van der Waals surface area (Å²) in [4.78, 5) is 0. The summed E-state index contributed by atoms with van der Waals surface area (Å²) in [5, 5.41) is 18.4. The summed E-state index contributed by atoms with van der Waals surface area (Å²) < 4.78 is 0. The molecule has 0 saturated heterocycles. The van der Waals surface area contributed by atoms with E-state index in [1.807, 2.05) is 0 Å². The van der Waals surface area contributed by atoms with Crippen LogP contribution in [0.1, 0.15) is 11.7 Å². The van der Waals surface area contributed by atoms with Gasteiger partial charge < -0.3 is 10.2 Å². The van der Waals surface area contributed by atoms with E-state index >= 15 is 0 Å². The highest BCUT2D eigenvalue weighted by molar-refractivity contribution is 6.30. The van der Waals surface area contributed by atoms with Gasteiger partial charge in [0.15, 0.2) is 0 Å². The normalized spacial score (nSPS) is 11.6. The van der Waals surface area contributed by atoms with Crippen LogP contribution in [0.5, 0.6) is 0 Å². The monoisotopic (exact) mass is 196 g/mol. The highest BCUT2D eigenvalue weighted by atomic mass is 35.5. The van der Waals surface area contributed by atoms with Gasteiger partial charge in [-0.25, -0.2) is 0 Å². The van der Waals surface area contributed by atoms with Gasteiger partial charge in [0.1, 0.15) is 12.7 Å². The van der Waals surface area contributed by atoms with Crippen molar-refractivity contribution in [1.29, 1.82) is 0 Å². The van der Waals surface area contributed by atoms with E-state index in [9.17, 15) is 5.11 Å². The first kappa shape index (κ1) is 10.1. The van der Waals surface area contributed by atoms with Gasteiger partial charge in [0.05, 0.1) is 0 Å². The first-order chi connectivity index (χ1) is 6.24. The number of halogens is 1. The van der Waals surface area contributed by atoms with Gasteiger partial charge in [0.2, 0.25) is 0 Å². The molecule has 68 valence electrons. The van der Waals surface area contributed by atoms with Crippen LogP contribution in [0, 0.1) is 11.8 Å². The maximum Gasteiger partial charge on any atom is 0.140 e. The van der Waals surface area contributed by atoms with Crippen molar-refractivity contribution >= 4 is 11.6 Å². The Balaban J connectivity index is 2.77. The lowest BCUT2D eigenvalue weighted by Gasteiger charge is -2.02. The Hall–Kier alpha value is -1.01. The van der Waals surface area contributed by atoms with Crippen LogP contribution in [0.15, 0.2) is 24.3 Å². The van der Waals surface area contributed by atoms with Gasteiger partial charge in [-0.1, -0.05) is 35.6 Å². The molecular formula is C10H9ClO2. The van der Waals surface area contributed by atoms with E-state index < -0.39 is 6.10 Å². The van der Waals surface area contributed by atoms with Crippen molar-refractivity contribution in [3.05, 3.63) is 34.9 Å². The molecule has 3 heteroatoms. The zero-order chi connectivity index (χ0) is 9.68. The molecule has 0 aromatic heterocycles. The highest BCUT2D eigenvalue weighted by Gasteiger charge is 2.01. The minimum absolute atomic E-state index is 0.245. The van der Waals surface area contributed by atoms with Gasteiger partial charge in [-0.3, -0.25) is 0 Å². The lowest BCUT2D eigenvalue weighted by atomic mass is 10.1. The number of aliphatic hydroxyl groups is 2. The molecule has 0 spiro atoms. The van der Waals surface area contributed by atoms with Crippen molar-refractivity contribution in [3.8, 4) is 11.8 Å². The molecule has 0 heterocycles. The second kappa shape index (κ2) is 4.88. The van der Waals surface area contributed by atoms with Gasteiger partial charge in [-0.2, -0.15) is 0 Å². The topological polar surface area (TPSA) is 40.5 Å². The summed E-state index contributed by atoms with van der Waals surface area (Å²) in [6.07, 6.45) is -0.857. The highest BCUT2D eigenvalue weighted by Crippen LogP contribution is 2.15. The maximum absolute atomic E-state index is 9.41. The van der Waals surface area contributed by atoms with Crippen LogP contribution in [0.3, 0.4) is 0 Å².